The topological polar surface area (TPSA) is 108 Å². The highest BCUT2D eigenvalue weighted by Crippen LogP contribution is 2.24. The van der Waals surface area contributed by atoms with E-state index in [2.05, 4.69) is 20.3 Å². The Kier molecular flexibility index (Phi) is 5.43. The highest BCUT2D eigenvalue weighted by atomic mass is 19.1. The molecule has 4 heterocycles. The molecule has 1 amide bonds. The van der Waals surface area contributed by atoms with Crippen LogP contribution in [0.1, 0.15) is 19.3 Å². The molecule has 30 heavy (non-hydrogen) atoms. The van der Waals surface area contributed by atoms with Gasteiger partial charge < -0.3 is 15.0 Å². The van der Waals surface area contributed by atoms with Crippen LogP contribution >= 0.6 is 0 Å². The molecule has 0 radical (unpaired) electrons. The molecule has 1 atom stereocenters. The first-order valence-corrected chi connectivity index (χ1v) is 9.54. The van der Waals surface area contributed by atoms with E-state index in [4.69, 9.17) is 10.00 Å². The van der Waals surface area contributed by atoms with Crippen LogP contribution in [0.3, 0.4) is 0 Å². The number of likely N-dealkylation sites (tertiary alicyclic amines) is 1. The Balaban J connectivity index is 1.61. The molecule has 1 fully saturated rings. The van der Waals surface area contributed by atoms with E-state index < -0.39 is 5.82 Å². The Morgan fingerprint density at radius 3 is 3.10 bits per heavy atom. The Morgan fingerprint density at radius 2 is 2.30 bits per heavy atom. The lowest BCUT2D eigenvalue weighted by atomic mass is 10.1. The van der Waals surface area contributed by atoms with E-state index >= 15 is 0 Å². The third kappa shape index (κ3) is 4.00. The van der Waals surface area contributed by atoms with Crippen molar-refractivity contribution in [3.63, 3.8) is 0 Å². The molecular weight excluding hydrogens is 389 g/mol. The number of fused-ring (bicyclic) bond motifs is 1. The van der Waals surface area contributed by atoms with Crippen LogP contribution in [0.2, 0.25) is 0 Å². The molecule has 0 aliphatic carbocycles. The second kappa shape index (κ2) is 8.32. The predicted octanol–water partition coefficient (Wildman–Crippen LogP) is 2.26. The summed E-state index contributed by atoms with van der Waals surface area (Å²) in [5, 5.41) is 12.1. The van der Waals surface area contributed by atoms with Crippen molar-refractivity contribution in [3.05, 3.63) is 36.4 Å². The lowest BCUT2D eigenvalue weighted by molar-refractivity contribution is -0.131. The van der Waals surface area contributed by atoms with Crippen molar-refractivity contribution in [2.45, 2.75) is 25.3 Å². The number of pyridine rings is 1. The van der Waals surface area contributed by atoms with Crippen LogP contribution in [0.5, 0.6) is 5.88 Å². The number of methoxy groups -OCH3 is 1. The van der Waals surface area contributed by atoms with Gasteiger partial charge in [0.1, 0.15) is 29.4 Å². The number of nitriles is 1. The van der Waals surface area contributed by atoms with E-state index in [9.17, 15) is 9.18 Å². The molecule has 1 aliphatic heterocycles. The van der Waals surface area contributed by atoms with Gasteiger partial charge in [0.15, 0.2) is 5.82 Å². The Bertz CT molecular complexity index is 1120. The number of hydrogen-bond acceptors (Lipinski definition) is 7. The quantitative estimate of drug-likeness (QED) is 0.688. The third-order valence-corrected chi connectivity index (χ3v) is 4.97. The first-order valence-electron chi connectivity index (χ1n) is 9.54. The van der Waals surface area contributed by atoms with E-state index in [0.29, 0.717) is 42.0 Å². The minimum absolute atomic E-state index is 0.0199. The van der Waals surface area contributed by atoms with Crippen LogP contribution < -0.4 is 10.1 Å². The number of rotatable bonds is 5. The zero-order valence-electron chi connectivity index (χ0n) is 16.4. The number of carbonyl (C=O) groups excluding carboxylic acids is 1. The van der Waals surface area contributed by atoms with Crippen LogP contribution in [-0.2, 0) is 4.79 Å². The first-order chi connectivity index (χ1) is 14.6. The maximum absolute atomic E-state index is 13.7. The van der Waals surface area contributed by atoms with Crippen LogP contribution in [0.25, 0.3) is 17.2 Å². The highest BCUT2D eigenvalue weighted by Gasteiger charge is 2.24. The number of imidazole rings is 1. The lowest BCUT2D eigenvalue weighted by Crippen LogP contribution is -2.45. The molecule has 1 aliphatic rings. The molecule has 1 N–H and O–H groups in total. The summed E-state index contributed by atoms with van der Waals surface area (Å²) >= 11 is 0. The van der Waals surface area contributed by atoms with E-state index in [-0.39, 0.29) is 18.4 Å². The Morgan fingerprint density at radius 1 is 1.43 bits per heavy atom. The minimum Gasteiger partial charge on any atom is -0.481 e. The molecule has 1 saturated heterocycles. The number of halogens is 1. The Labute approximate surface area is 172 Å². The summed E-state index contributed by atoms with van der Waals surface area (Å²) < 4.78 is 20.6. The number of hydrogen-bond donors (Lipinski definition) is 1. The van der Waals surface area contributed by atoms with Gasteiger partial charge in [-0.05, 0) is 25.0 Å². The van der Waals surface area contributed by atoms with Crippen LogP contribution in [0, 0.1) is 17.1 Å². The van der Waals surface area contributed by atoms with E-state index in [1.165, 1.54) is 19.4 Å². The third-order valence-electron chi connectivity index (χ3n) is 4.97. The van der Waals surface area contributed by atoms with Crippen molar-refractivity contribution in [3.8, 4) is 23.5 Å². The van der Waals surface area contributed by atoms with Crippen LogP contribution in [0.15, 0.2) is 30.6 Å². The van der Waals surface area contributed by atoms with Crippen molar-refractivity contribution >= 4 is 17.4 Å². The number of carbonyl (C=O) groups is 1. The van der Waals surface area contributed by atoms with Gasteiger partial charge in [-0.15, -0.1) is 0 Å². The van der Waals surface area contributed by atoms with Crippen molar-refractivity contribution in [1.82, 2.24) is 24.3 Å². The highest BCUT2D eigenvalue weighted by molar-refractivity contribution is 5.78. The monoisotopic (exact) mass is 409 g/mol. The summed E-state index contributed by atoms with van der Waals surface area (Å²) in [6, 6.07) is 6.47. The van der Waals surface area contributed by atoms with Gasteiger partial charge in [0.05, 0.1) is 19.4 Å². The van der Waals surface area contributed by atoms with E-state index in [1.807, 2.05) is 6.07 Å². The molecule has 0 aromatic carbocycles. The summed E-state index contributed by atoms with van der Waals surface area (Å²) in [5.74, 6) is 0.651. The number of piperidine rings is 1. The molecule has 10 heteroatoms. The number of amides is 1. The molecule has 0 spiro atoms. The van der Waals surface area contributed by atoms with Gasteiger partial charge in [0.2, 0.25) is 11.8 Å². The zero-order chi connectivity index (χ0) is 21.1. The number of nitrogens with zero attached hydrogens (tertiary/aromatic N) is 6. The summed E-state index contributed by atoms with van der Waals surface area (Å²) in [6.45, 7) is 1.13. The molecule has 0 saturated carbocycles. The first kappa shape index (κ1) is 19.6. The summed E-state index contributed by atoms with van der Waals surface area (Å²) in [5.41, 5.74) is 1.10. The average molecular weight is 409 g/mol. The molecule has 3 aromatic heterocycles. The number of nitrogens with one attached hydrogen (secondary N) is 1. The maximum Gasteiger partial charge on any atom is 0.236 e. The Hall–Kier alpha value is -3.74. The zero-order valence-corrected chi connectivity index (χ0v) is 16.4. The summed E-state index contributed by atoms with van der Waals surface area (Å²) in [6.07, 6.45) is 4.47. The molecule has 4 rings (SSSR count). The second-order valence-corrected chi connectivity index (χ2v) is 7.00. The van der Waals surface area contributed by atoms with Gasteiger partial charge in [-0.1, -0.05) is 0 Å². The number of aromatic nitrogens is 4. The lowest BCUT2D eigenvalue weighted by Gasteiger charge is -2.33. The van der Waals surface area contributed by atoms with Crippen molar-refractivity contribution in [2.24, 2.45) is 0 Å². The number of ether oxygens (including phenoxy) is 1. The standard InChI is InChI=1S/C20H20FN7O2/c1-30-18-9-16(24-14-3-2-8-27(12-14)19(29)6-7-22)25-20(26-18)15-10-23-17-5-4-13(21)11-28(15)17/h4-5,9-11,14H,2-3,6,8,12H2,1H3,(H,24,25,26)/t14-/m1/s1. The fourth-order valence-corrected chi connectivity index (χ4v) is 3.55. The number of anilines is 1. The molecule has 154 valence electrons. The van der Waals surface area contributed by atoms with E-state index in [1.54, 1.807) is 27.6 Å². The van der Waals surface area contributed by atoms with Gasteiger partial charge in [-0.3, -0.25) is 9.20 Å². The predicted molar refractivity (Wildman–Crippen MR) is 106 cm³/mol. The largest absolute Gasteiger partial charge is 0.481 e. The van der Waals surface area contributed by atoms with Crippen molar-refractivity contribution in [2.75, 3.05) is 25.5 Å². The molecular formula is C20H20FN7O2. The fourth-order valence-electron chi connectivity index (χ4n) is 3.55. The second-order valence-electron chi connectivity index (χ2n) is 7.00. The minimum atomic E-state index is -0.396. The van der Waals surface area contributed by atoms with Gasteiger partial charge >= 0.3 is 0 Å². The molecule has 3 aromatic rings. The summed E-state index contributed by atoms with van der Waals surface area (Å²) in [4.78, 5) is 26.9. The fraction of sp³-hybridized carbons (Fsp3) is 0.350. The average Bonchev–Trinajstić information content (AvgIpc) is 3.17. The maximum atomic E-state index is 13.7. The van der Waals surface area contributed by atoms with Gasteiger partial charge in [0.25, 0.3) is 0 Å². The van der Waals surface area contributed by atoms with E-state index in [0.717, 1.165) is 12.8 Å². The smallest absolute Gasteiger partial charge is 0.236 e. The van der Waals surface area contributed by atoms with Gasteiger partial charge in [-0.2, -0.15) is 10.2 Å². The van der Waals surface area contributed by atoms with Crippen molar-refractivity contribution < 1.29 is 13.9 Å². The van der Waals surface area contributed by atoms with Gasteiger partial charge in [0, 0.05) is 31.4 Å². The normalized spacial score (nSPS) is 16.3. The molecule has 0 bridgehead atoms. The van der Waals surface area contributed by atoms with Gasteiger partial charge in [-0.25, -0.2) is 14.4 Å². The SMILES string of the molecule is COc1cc(N[C@@H]2CCCN(C(=O)CC#N)C2)nc(-c2cnc3ccc(F)cn23)n1. The summed E-state index contributed by atoms with van der Waals surface area (Å²) in [7, 11) is 1.51. The molecule has 0 unspecified atom stereocenters. The van der Waals surface area contributed by atoms with Crippen molar-refractivity contribution in [1.29, 1.82) is 5.26 Å². The van der Waals surface area contributed by atoms with Crippen LogP contribution in [-0.4, -0.2) is 56.4 Å². The van der Waals surface area contributed by atoms with Crippen LogP contribution in [0.4, 0.5) is 10.2 Å². The molecule has 9 nitrogen and oxygen atoms in total.